The third-order valence-electron chi connectivity index (χ3n) is 4.43. The number of carbonyl (C=O) groups is 1. The van der Waals surface area contributed by atoms with Crippen LogP contribution in [0.5, 0.6) is 0 Å². The first-order valence-electron chi connectivity index (χ1n) is 8.53. The van der Waals surface area contributed by atoms with E-state index in [1.165, 1.54) is 13.0 Å². The van der Waals surface area contributed by atoms with Crippen molar-refractivity contribution < 1.29 is 4.79 Å². The van der Waals surface area contributed by atoms with Crippen molar-refractivity contribution in [1.82, 2.24) is 25.0 Å². The quantitative estimate of drug-likeness (QED) is 0.837. The number of nitrogens with zero attached hydrogens (tertiary/aromatic N) is 4. The van der Waals surface area contributed by atoms with E-state index in [-0.39, 0.29) is 11.9 Å². The minimum Gasteiger partial charge on any atom is -0.346 e. The first-order valence-corrected chi connectivity index (χ1v) is 8.53. The lowest BCUT2D eigenvalue weighted by Gasteiger charge is -2.31. The van der Waals surface area contributed by atoms with Crippen LogP contribution in [-0.4, -0.2) is 45.2 Å². The Morgan fingerprint density at radius 2 is 2.14 bits per heavy atom. The Hall–Kier alpha value is -1.43. The number of nitrogens with one attached hydrogen (secondary N) is 1. The van der Waals surface area contributed by atoms with Crippen LogP contribution in [0.3, 0.4) is 0 Å². The lowest BCUT2D eigenvalue weighted by Crippen LogP contribution is -2.37. The first kappa shape index (κ1) is 16.9. The molecule has 1 fully saturated rings. The van der Waals surface area contributed by atoms with Gasteiger partial charge in [-0.15, -0.1) is 0 Å². The molecule has 0 aliphatic carbocycles. The Morgan fingerprint density at radius 1 is 1.41 bits per heavy atom. The second-order valence-electron chi connectivity index (χ2n) is 6.21. The summed E-state index contributed by atoms with van der Waals surface area (Å²) in [6.45, 7) is 10.4. The van der Waals surface area contributed by atoms with E-state index in [0.29, 0.717) is 12.3 Å². The molecule has 22 heavy (non-hydrogen) atoms. The Morgan fingerprint density at radius 3 is 2.77 bits per heavy atom. The summed E-state index contributed by atoms with van der Waals surface area (Å²) in [5, 5.41) is 7.22. The van der Waals surface area contributed by atoms with Crippen LogP contribution >= 0.6 is 0 Å². The third-order valence-corrected chi connectivity index (χ3v) is 4.43. The number of amides is 1. The summed E-state index contributed by atoms with van der Waals surface area (Å²) in [7, 11) is 0. The van der Waals surface area contributed by atoms with Crippen molar-refractivity contribution in [3.63, 3.8) is 0 Å². The molecule has 6 nitrogen and oxygen atoms in total. The molecular weight excluding hydrogens is 278 g/mol. The molecule has 6 heteroatoms. The Labute approximate surface area is 133 Å². The van der Waals surface area contributed by atoms with Crippen molar-refractivity contribution in [1.29, 1.82) is 0 Å². The van der Waals surface area contributed by atoms with Crippen molar-refractivity contribution in [3.05, 3.63) is 12.2 Å². The molecule has 2 heterocycles. The van der Waals surface area contributed by atoms with Crippen LogP contribution in [0.25, 0.3) is 0 Å². The van der Waals surface area contributed by atoms with Crippen molar-refractivity contribution in [2.24, 2.45) is 5.92 Å². The summed E-state index contributed by atoms with van der Waals surface area (Å²) < 4.78 is 1.83. The number of carbonyl (C=O) groups excluding carboxylic acids is 1. The number of piperidine rings is 1. The molecule has 1 aliphatic heterocycles. The highest BCUT2D eigenvalue weighted by Crippen LogP contribution is 2.21. The highest BCUT2D eigenvalue weighted by molar-refractivity contribution is 5.76. The highest BCUT2D eigenvalue weighted by atomic mass is 16.1. The van der Waals surface area contributed by atoms with Crippen molar-refractivity contribution in [3.8, 4) is 0 Å². The molecule has 1 aliphatic rings. The van der Waals surface area contributed by atoms with Gasteiger partial charge < -0.3 is 10.2 Å². The van der Waals surface area contributed by atoms with Crippen LogP contribution in [0, 0.1) is 5.92 Å². The summed E-state index contributed by atoms with van der Waals surface area (Å²) >= 11 is 0. The van der Waals surface area contributed by atoms with Gasteiger partial charge in [0.2, 0.25) is 5.91 Å². The van der Waals surface area contributed by atoms with Gasteiger partial charge in [-0.25, -0.2) is 9.67 Å². The SMILES string of the molecule is CCCN1CCC(CC(=O)N[C@H](C)c2ncnn2CC)CC1. The van der Waals surface area contributed by atoms with Gasteiger partial charge in [0, 0.05) is 13.0 Å². The van der Waals surface area contributed by atoms with E-state index in [4.69, 9.17) is 0 Å². The van der Waals surface area contributed by atoms with E-state index >= 15 is 0 Å². The third kappa shape index (κ3) is 4.53. The average molecular weight is 307 g/mol. The van der Waals surface area contributed by atoms with Crippen LogP contribution in [0.15, 0.2) is 6.33 Å². The predicted molar refractivity (Wildman–Crippen MR) is 86.3 cm³/mol. The lowest BCUT2D eigenvalue weighted by atomic mass is 9.93. The standard InChI is InChI=1S/C16H29N5O/c1-4-8-20-9-6-14(7-10-20)11-15(22)19-13(3)16-17-12-18-21(16)5-2/h12-14H,4-11H2,1-3H3,(H,19,22)/t13-/m1/s1. The van der Waals surface area contributed by atoms with E-state index in [0.717, 1.165) is 38.3 Å². The Kier molecular flexibility index (Phi) is 6.36. The van der Waals surface area contributed by atoms with Crippen molar-refractivity contribution in [2.45, 2.75) is 59.0 Å². The van der Waals surface area contributed by atoms with E-state index in [9.17, 15) is 4.79 Å². The molecule has 1 amide bonds. The van der Waals surface area contributed by atoms with Crippen LogP contribution < -0.4 is 5.32 Å². The largest absolute Gasteiger partial charge is 0.346 e. The van der Waals surface area contributed by atoms with Gasteiger partial charge in [0.25, 0.3) is 0 Å². The number of aromatic nitrogens is 3. The van der Waals surface area contributed by atoms with Crippen molar-refractivity contribution in [2.75, 3.05) is 19.6 Å². The van der Waals surface area contributed by atoms with Gasteiger partial charge in [-0.3, -0.25) is 4.79 Å². The zero-order valence-electron chi connectivity index (χ0n) is 14.1. The van der Waals surface area contributed by atoms with Crippen LogP contribution in [0.2, 0.25) is 0 Å². The summed E-state index contributed by atoms with van der Waals surface area (Å²) in [4.78, 5) is 19.0. The fourth-order valence-corrected chi connectivity index (χ4v) is 3.21. The number of hydrogen-bond donors (Lipinski definition) is 1. The molecule has 1 aromatic rings. The predicted octanol–water partition coefficient (Wildman–Crippen LogP) is 1.99. The molecule has 0 bridgehead atoms. The van der Waals surface area contributed by atoms with Gasteiger partial charge in [0.15, 0.2) is 0 Å². The normalized spacial score (nSPS) is 18.3. The molecule has 0 spiro atoms. The van der Waals surface area contributed by atoms with Gasteiger partial charge in [0.1, 0.15) is 12.2 Å². The monoisotopic (exact) mass is 307 g/mol. The van der Waals surface area contributed by atoms with Gasteiger partial charge >= 0.3 is 0 Å². The van der Waals surface area contributed by atoms with Crippen molar-refractivity contribution >= 4 is 5.91 Å². The van der Waals surface area contributed by atoms with E-state index in [1.54, 1.807) is 6.33 Å². The summed E-state index contributed by atoms with van der Waals surface area (Å²) in [5.74, 6) is 1.48. The second kappa shape index (κ2) is 8.27. The summed E-state index contributed by atoms with van der Waals surface area (Å²) in [5.41, 5.74) is 0. The minimum atomic E-state index is -0.0878. The average Bonchev–Trinajstić information content (AvgIpc) is 2.98. The number of likely N-dealkylation sites (tertiary alicyclic amines) is 1. The summed E-state index contributed by atoms with van der Waals surface area (Å²) in [6, 6.07) is -0.0878. The molecule has 1 N–H and O–H groups in total. The number of aryl methyl sites for hydroxylation is 1. The van der Waals surface area contributed by atoms with E-state index < -0.39 is 0 Å². The van der Waals surface area contributed by atoms with Crippen LogP contribution in [0.1, 0.15) is 58.3 Å². The maximum Gasteiger partial charge on any atom is 0.220 e. The number of rotatable bonds is 7. The fourth-order valence-electron chi connectivity index (χ4n) is 3.21. The van der Waals surface area contributed by atoms with E-state index in [2.05, 4.69) is 27.2 Å². The Balaban J connectivity index is 1.76. The molecule has 0 aromatic carbocycles. The molecule has 2 rings (SSSR count). The van der Waals surface area contributed by atoms with E-state index in [1.807, 2.05) is 18.5 Å². The molecule has 124 valence electrons. The molecule has 1 saturated heterocycles. The zero-order valence-corrected chi connectivity index (χ0v) is 14.1. The van der Waals surface area contributed by atoms with Crippen LogP contribution in [0.4, 0.5) is 0 Å². The Bertz CT molecular complexity index is 465. The van der Waals surface area contributed by atoms with Gasteiger partial charge in [-0.2, -0.15) is 5.10 Å². The minimum absolute atomic E-state index is 0.0878. The van der Waals surface area contributed by atoms with Gasteiger partial charge in [-0.05, 0) is 58.7 Å². The topological polar surface area (TPSA) is 63.1 Å². The zero-order chi connectivity index (χ0) is 15.9. The molecule has 1 atom stereocenters. The molecular formula is C16H29N5O. The molecule has 0 unspecified atom stereocenters. The molecule has 1 aromatic heterocycles. The fraction of sp³-hybridized carbons (Fsp3) is 0.812. The molecule has 0 saturated carbocycles. The van der Waals surface area contributed by atoms with Gasteiger partial charge in [-0.1, -0.05) is 6.92 Å². The second-order valence-corrected chi connectivity index (χ2v) is 6.21. The highest BCUT2D eigenvalue weighted by Gasteiger charge is 2.22. The molecule has 0 radical (unpaired) electrons. The summed E-state index contributed by atoms with van der Waals surface area (Å²) in [6.07, 6.45) is 5.65. The number of hydrogen-bond acceptors (Lipinski definition) is 4. The maximum atomic E-state index is 12.2. The lowest BCUT2D eigenvalue weighted by molar-refractivity contribution is -0.123. The van der Waals surface area contributed by atoms with Crippen LogP contribution in [-0.2, 0) is 11.3 Å². The first-order chi connectivity index (χ1) is 10.6. The smallest absolute Gasteiger partial charge is 0.220 e. The van der Waals surface area contributed by atoms with Gasteiger partial charge in [0.05, 0.1) is 6.04 Å². The maximum absolute atomic E-state index is 12.2.